The van der Waals surface area contributed by atoms with E-state index in [2.05, 4.69) is 44.7 Å². The van der Waals surface area contributed by atoms with E-state index in [1.54, 1.807) is 17.9 Å². The molecule has 7 heteroatoms. The van der Waals surface area contributed by atoms with Gasteiger partial charge in [-0.2, -0.15) is 5.10 Å². The first kappa shape index (κ1) is 14.4. The Kier molecular flexibility index (Phi) is 3.97. The van der Waals surface area contributed by atoms with Crippen LogP contribution in [0.4, 0.5) is 0 Å². The monoisotopic (exact) mass is 298 g/mol. The molecule has 1 N–H and O–H groups in total. The van der Waals surface area contributed by atoms with Gasteiger partial charge in [0.1, 0.15) is 12.7 Å². The molecule has 0 amide bonds. The van der Waals surface area contributed by atoms with Crippen molar-refractivity contribution in [2.24, 2.45) is 0 Å². The van der Waals surface area contributed by atoms with E-state index in [0.29, 0.717) is 11.8 Å². The maximum absolute atomic E-state index is 5.45. The highest BCUT2D eigenvalue weighted by Crippen LogP contribution is 2.19. The van der Waals surface area contributed by atoms with Crippen molar-refractivity contribution >= 4 is 0 Å². The fraction of sp³-hybridized carbons (Fsp3) is 0.333. The number of hydrogen-bond donors (Lipinski definition) is 1. The van der Waals surface area contributed by atoms with E-state index in [1.807, 2.05) is 19.1 Å². The van der Waals surface area contributed by atoms with Crippen molar-refractivity contribution in [3.05, 3.63) is 54.3 Å². The maximum atomic E-state index is 5.45. The van der Waals surface area contributed by atoms with E-state index >= 15 is 0 Å². The first-order chi connectivity index (χ1) is 10.6. The largest absolute Gasteiger partial charge is 0.424 e. The van der Waals surface area contributed by atoms with Gasteiger partial charge in [0, 0.05) is 13.0 Å². The summed E-state index contributed by atoms with van der Waals surface area (Å²) in [7, 11) is 0. The summed E-state index contributed by atoms with van der Waals surface area (Å²) in [6.07, 6.45) is 3.20. The standard InChI is InChI=1S/C15H18N6O/c1-10(18-11(2)15-20-19-12(3)22-15)13-4-6-14(7-5-13)21-9-16-8-17-21/h4-11,18H,1-3H3. The summed E-state index contributed by atoms with van der Waals surface area (Å²) < 4.78 is 7.17. The van der Waals surface area contributed by atoms with Gasteiger partial charge in [0.15, 0.2) is 0 Å². The lowest BCUT2D eigenvalue weighted by Crippen LogP contribution is -2.22. The van der Waals surface area contributed by atoms with Gasteiger partial charge >= 0.3 is 0 Å². The number of nitrogens with zero attached hydrogens (tertiary/aromatic N) is 5. The Labute approximate surface area is 128 Å². The predicted molar refractivity (Wildman–Crippen MR) is 80.4 cm³/mol. The number of benzene rings is 1. The van der Waals surface area contributed by atoms with Crippen molar-refractivity contribution in [2.75, 3.05) is 0 Å². The molecule has 2 atom stereocenters. The van der Waals surface area contributed by atoms with Gasteiger partial charge in [0.25, 0.3) is 0 Å². The molecule has 0 saturated carbocycles. The van der Waals surface area contributed by atoms with Crippen LogP contribution in [0.5, 0.6) is 0 Å². The second kappa shape index (κ2) is 6.07. The molecule has 3 rings (SSSR count). The van der Waals surface area contributed by atoms with Crippen LogP contribution in [-0.4, -0.2) is 25.0 Å². The normalized spacial score (nSPS) is 14.0. The molecule has 2 aromatic heterocycles. The fourth-order valence-corrected chi connectivity index (χ4v) is 2.29. The predicted octanol–water partition coefficient (Wildman–Crippen LogP) is 2.37. The van der Waals surface area contributed by atoms with Crippen molar-refractivity contribution in [1.29, 1.82) is 0 Å². The Balaban J connectivity index is 1.68. The van der Waals surface area contributed by atoms with Crippen molar-refractivity contribution in [2.45, 2.75) is 32.9 Å². The summed E-state index contributed by atoms with van der Waals surface area (Å²) in [6, 6.07) is 8.33. The van der Waals surface area contributed by atoms with Crippen molar-refractivity contribution in [3.8, 4) is 5.69 Å². The first-order valence-electron chi connectivity index (χ1n) is 7.14. The van der Waals surface area contributed by atoms with E-state index in [-0.39, 0.29) is 12.1 Å². The average molecular weight is 298 g/mol. The molecule has 0 aliphatic rings. The third-order valence-electron chi connectivity index (χ3n) is 3.49. The van der Waals surface area contributed by atoms with Crippen LogP contribution in [0.3, 0.4) is 0 Å². The molecule has 2 unspecified atom stereocenters. The van der Waals surface area contributed by atoms with Crippen LogP contribution < -0.4 is 5.32 Å². The molecule has 114 valence electrons. The lowest BCUT2D eigenvalue weighted by Gasteiger charge is -2.18. The van der Waals surface area contributed by atoms with Gasteiger partial charge in [-0.25, -0.2) is 9.67 Å². The quantitative estimate of drug-likeness (QED) is 0.778. The molecule has 0 bridgehead atoms. The number of nitrogens with one attached hydrogen (secondary N) is 1. The molecule has 0 fully saturated rings. The van der Waals surface area contributed by atoms with Gasteiger partial charge in [0.05, 0.1) is 11.7 Å². The first-order valence-corrected chi connectivity index (χ1v) is 7.14. The average Bonchev–Trinajstić information content (AvgIpc) is 3.18. The van der Waals surface area contributed by atoms with Gasteiger partial charge in [-0.05, 0) is 31.5 Å². The number of aryl methyl sites for hydroxylation is 1. The third kappa shape index (κ3) is 3.04. The lowest BCUT2D eigenvalue weighted by molar-refractivity contribution is 0.380. The molecule has 3 aromatic rings. The van der Waals surface area contributed by atoms with Gasteiger partial charge in [-0.3, -0.25) is 5.32 Å². The Morgan fingerprint density at radius 1 is 1.09 bits per heavy atom. The van der Waals surface area contributed by atoms with Crippen LogP contribution in [0, 0.1) is 6.92 Å². The van der Waals surface area contributed by atoms with Crippen molar-refractivity contribution in [3.63, 3.8) is 0 Å². The zero-order valence-corrected chi connectivity index (χ0v) is 12.8. The lowest BCUT2D eigenvalue weighted by atomic mass is 10.1. The Hall–Kier alpha value is -2.54. The summed E-state index contributed by atoms with van der Waals surface area (Å²) in [4.78, 5) is 3.95. The topological polar surface area (TPSA) is 81.7 Å². The summed E-state index contributed by atoms with van der Waals surface area (Å²) in [6.45, 7) is 5.90. The zero-order valence-electron chi connectivity index (χ0n) is 12.8. The van der Waals surface area contributed by atoms with Crippen molar-refractivity contribution in [1.82, 2.24) is 30.3 Å². The van der Waals surface area contributed by atoms with Crippen LogP contribution in [-0.2, 0) is 0 Å². The van der Waals surface area contributed by atoms with E-state index in [0.717, 1.165) is 5.69 Å². The summed E-state index contributed by atoms with van der Waals surface area (Å²) in [5, 5.41) is 15.5. The van der Waals surface area contributed by atoms with Crippen molar-refractivity contribution < 1.29 is 4.42 Å². The highest BCUT2D eigenvalue weighted by Gasteiger charge is 2.16. The summed E-state index contributed by atoms with van der Waals surface area (Å²) in [5.41, 5.74) is 2.15. The number of aromatic nitrogens is 5. The summed E-state index contributed by atoms with van der Waals surface area (Å²) in [5.74, 6) is 1.18. The maximum Gasteiger partial charge on any atom is 0.233 e. The second-order valence-electron chi connectivity index (χ2n) is 5.20. The van der Waals surface area contributed by atoms with Gasteiger partial charge < -0.3 is 4.42 Å². The molecule has 0 aliphatic carbocycles. The molecular formula is C15H18N6O. The fourth-order valence-electron chi connectivity index (χ4n) is 2.29. The molecule has 1 aromatic carbocycles. The molecular weight excluding hydrogens is 280 g/mol. The summed E-state index contributed by atoms with van der Waals surface area (Å²) >= 11 is 0. The SMILES string of the molecule is Cc1nnc(C(C)NC(C)c2ccc(-n3cncn3)cc2)o1. The van der Waals surface area contributed by atoms with Crippen LogP contribution in [0.25, 0.3) is 5.69 Å². The molecule has 7 nitrogen and oxygen atoms in total. The smallest absolute Gasteiger partial charge is 0.233 e. The highest BCUT2D eigenvalue weighted by molar-refractivity contribution is 5.34. The minimum Gasteiger partial charge on any atom is -0.424 e. The van der Waals surface area contributed by atoms with E-state index in [4.69, 9.17) is 4.42 Å². The third-order valence-corrected chi connectivity index (χ3v) is 3.49. The molecule has 0 radical (unpaired) electrons. The van der Waals surface area contributed by atoms with E-state index in [9.17, 15) is 0 Å². The van der Waals surface area contributed by atoms with Crippen LogP contribution >= 0.6 is 0 Å². The van der Waals surface area contributed by atoms with E-state index in [1.165, 1.54) is 11.9 Å². The zero-order chi connectivity index (χ0) is 15.5. The molecule has 0 aliphatic heterocycles. The van der Waals surface area contributed by atoms with Crippen LogP contribution in [0.2, 0.25) is 0 Å². The molecule has 0 spiro atoms. The van der Waals surface area contributed by atoms with Gasteiger partial charge in [-0.15, -0.1) is 10.2 Å². The number of hydrogen-bond acceptors (Lipinski definition) is 6. The molecule has 2 heterocycles. The Morgan fingerprint density at radius 3 is 2.45 bits per heavy atom. The van der Waals surface area contributed by atoms with Crippen LogP contribution in [0.15, 0.2) is 41.3 Å². The van der Waals surface area contributed by atoms with Gasteiger partial charge in [-0.1, -0.05) is 12.1 Å². The van der Waals surface area contributed by atoms with Gasteiger partial charge in [0.2, 0.25) is 11.8 Å². The Morgan fingerprint density at radius 2 is 1.86 bits per heavy atom. The second-order valence-corrected chi connectivity index (χ2v) is 5.20. The van der Waals surface area contributed by atoms with Crippen LogP contribution in [0.1, 0.15) is 43.3 Å². The Bertz CT molecular complexity index is 719. The highest BCUT2D eigenvalue weighted by atomic mass is 16.4. The van der Waals surface area contributed by atoms with E-state index < -0.39 is 0 Å². The number of rotatable bonds is 5. The molecule has 0 saturated heterocycles. The molecule has 22 heavy (non-hydrogen) atoms. The minimum atomic E-state index is -0.00816. The minimum absolute atomic E-state index is 0.00816.